The van der Waals surface area contributed by atoms with E-state index in [9.17, 15) is 12.8 Å². The van der Waals surface area contributed by atoms with Gasteiger partial charge in [0.05, 0.1) is 11.6 Å². The van der Waals surface area contributed by atoms with E-state index in [-0.39, 0.29) is 21.2 Å². The molecule has 1 aliphatic rings. The van der Waals surface area contributed by atoms with E-state index in [0.29, 0.717) is 19.6 Å². The summed E-state index contributed by atoms with van der Waals surface area (Å²) in [5, 5.41) is 3.17. The van der Waals surface area contributed by atoms with E-state index >= 15 is 0 Å². The lowest BCUT2D eigenvalue weighted by Crippen LogP contribution is -2.51. The van der Waals surface area contributed by atoms with Crippen molar-refractivity contribution in [1.82, 2.24) is 9.62 Å². The van der Waals surface area contributed by atoms with Crippen LogP contribution in [0.4, 0.5) is 4.39 Å². The Kier molecular flexibility index (Phi) is 4.68. The van der Waals surface area contributed by atoms with E-state index in [4.69, 9.17) is 4.74 Å². The Hall–Kier alpha value is -0.700. The van der Waals surface area contributed by atoms with Gasteiger partial charge in [-0.2, -0.15) is 4.31 Å². The molecule has 0 radical (unpaired) electrons. The predicted octanol–water partition coefficient (Wildman–Crippen LogP) is 1.58. The average molecular weight is 367 g/mol. The number of hydrogen-bond acceptors (Lipinski definition) is 4. The van der Waals surface area contributed by atoms with Crippen LogP contribution in [0.1, 0.15) is 6.92 Å². The smallest absolute Gasteiger partial charge is 0.246 e. The number of halogens is 2. The maximum absolute atomic E-state index is 13.7. The van der Waals surface area contributed by atoms with Crippen LogP contribution in [0.25, 0.3) is 0 Å². The molecule has 0 saturated carbocycles. The Morgan fingerprint density at radius 3 is 2.80 bits per heavy atom. The molecule has 8 heteroatoms. The second kappa shape index (κ2) is 5.97. The molecule has 1 aromatic rings. The largest absolute Gasteiger partial charge is 0.495 e. The fraction of sp³-hybridized carbons (Fsp3) is 0.500. The molecule has 20 heavy (non-hydrogen) atoms. The number of hydrogen-bond donors (Lipinski definition) is 1. The van der Waals surface area contributed by atoms with Crippen molar-refractivity contribution in [3.8, 4) is 5.75 Å². The van der Waals surface area contributed by atoms with Gasteiger partial charge < -0.3 is 10.1 Å². The minimum atomic E-state index is -3.77. The number of nitrogens with one attached hydrogen (secondary N) is 1. The molecule has 1 fully saturated rings. The first kappa shape index (κ1) is 15.7. The van der Waals surface area contributed by atoms with Crippen LogP contribution in [0.2, 0.25) is 0 Å². The quantitative estimate of drug-likeness (QED) is 0.882. The highest BCUT2D eigenvalue weighted by atomic mass is 79.9. The Morgan fingerprint density at radius 2 is 2.20 bits per heavy atom. The third-order valence-corrected chi connectivity index (χ3v) is 5.65. The van der Waals surface area contributed by atoms with Crippen molar-refractivity contribution in [3.05, 3.63) is 22.4 Å². The number of rotatable bonds is 3. The number of piperazine rings is 1. The summed E-state index contributed by atoms with van der Waals surface area (Å²) in [6.07, 6.45) is 0. The Morgan fingerprint density at radius 1 is 1.50 bits per heavy atom. The topological polar surface area (TPSA) is 58.6 Å². The Labute approximate surface area is 126 Å². The fourth-order valence-corrected chi connectivity index (χ4v) is 4.13. The van der Waals surface area contributed by atoms with Gasteiger partial charge >= 0.3 is 0 Å². The first-order chi connectivity index (χ1) is 9.36. The van der Waals surface area contributed by atoms with Gasteiger partial charge in [0.15, 0.2) is 0 Å². The number of methoxy groups -OCH3 is 1. The lowest BCUT2D eigenvalue weighted by molar-refractivity contribution is 0.308. The first-order valence-electron chi connectivity index (χ1n) is 6.13. The van der Waals surface area contributed by atoms with E-state index in [1.165, 1.54) is 17.5 Å². The Bertz CT molecular complexity index is 609. The summed E-state index contributed by atoms with van der Waals surface area (Å²) < 4.78 is 45.5. The maximum Gasteiger partial charge on any atom is 0.246 e. The molecular formula is C12H16BrFN2O3S. The Balaban J connectivity index is 2.46. The molecule has 1 heterocycles. The standard InChI is InChI=1S/C12H16BrFN2O3S/c1-8-7-16(4-3-15-8)20(17,18)12-6-10(14)9(13)5-11(12)19-2/h5-6,8,15H,3-4,7H2,1-2H3. The van der Waals surface area contributed by atoms with E-state index in [2.05, 4.69) is 21.2 Å². The summed E-state index contributed by atoms with van der Waals surface area (Å²) in [7, 11) is -2.41. The number of nitrogens with zero attached hydrogens (tertiary/aromatic N) is 1. The average Bonchev–Trinajstić information content (AvgIpc) is 2.41. The zero-order valence-electron chi connectivity index (χ0n) is 11.2. The molecule has 112 valence electrons. The highest BCUT2D eigenvalue weighted by Crippen LogP contribution is 2.32. The summed E-state index contributed by atoms with van der Waals surface area (Å²) in [4.78, 5) is -0.144. The first-order valence-corrected chi connectivity index (χ1v) is 8.36. The van der Waals surface area contributed by atoms with Crippen LogP contribution in [0.15, 0.2) is 21.5 Å². The van der Waals surface area contributed by atoms with Crippen molar-refractivity contribution in [2.75, 3.05) is 26.7 Å². The minimum absolute atomic E-state index is 0.0600. The molecule has 1 aromatic carbocycles. The highest BCUT2D eigenvalue weighted by Gasteiger charge is 2.31. The van der Waals surface area contributed by atoms with E-state index in [1.807, 2.05) is 6.92 Å². The van der Waals surface area contributed by atoms with Gasteiger partial charge in [0.1, 0.15) is 16.5 Å². The predicted molar refractivity (Wildman–Crippen MR) is 76.9 cm³/mol. The third-order valence-electron chi connectivity index (χ3n) is 3.16. The summed E-state index contributed by atoms with van der Waals surface area (Å²) in [6.45, 7) is 3.18. The van der Waals surface area contributed by atoms with E-state index in [1.54, 1.807) is 0 Å². The fourth-order valence-electron chi connectivity index (χ4n) is 2.13. The van der Waals surface area contributed by atoms with Gasteiger partial charge in [-0.25, -0.2) is 12.8 Å². The van der Waals surface area contributed by atoms with Gasteiger partial charge in [0.2, 0.25) is 10.0 Å². The summed E-state index contributed by atoms with van der Waals surface area (Å²) in [6, 6.07) is 2.38. The molecular weight excluding hydrogens is 351 g/mol. The lowest BCUT2D eigenvalue weighted by Gasteiger charge is -2.31. The van der Waals surface area contributed by atoms with Gasteiger partial charge in [-0.15, -0.1) is 0 Å². The molecule has 0 spiro atoms. The van der Waals surface area contributed by atoms with Gasteiger partial charge in [-0.1, -0.05) is 0 Å². The number of sulfonamides is 1. The van der Waals surface area contributed by atoms with Crippen LogP contribution in [0.3, 0.4) is 0 Å². The van der Waals surface area contributed by atoms with Gasteiger partial charge in [-0.05, 0) is 35.0 Å². The molecule has 2 rings (SSSR count). The lowest BCUT2D eigenvalue weighted by atomic mass is 10.3. The third kappa shape index (κ3) is 2.98. The molecule has 1 aliphatic heterocycles. The summed E-state index contributed by atoms with van der Waals surface area (Å²) in [5.74, 6) is -0.503. The van der Waals surface area contributed by atoms with Crippen molar-refractivity contribution in [3.63, 3.8) is 0 Å². The van der Waals surface area contributed by atoms with E-state index < -0.39 is 15.8 Å². The van der Waals surface area contributed by atoms with Crippen LogP contribution in [0.5, 0.6) is 5.75 Å². The van der Waals surface area contributed by atoms with Crippen molar-refractivity contribution in [1.29, 1.82) is 0 Å². The molecule has 0 amide bonds. The molecule has 0 bridgehead atoms. The molecule has 0 aromatic heterocycles. The van der Waals surface area contributed by atoms with Crippen molar-refractivity contribution < 1.29 is 17.5 Å². The van der Waals surface area contributed by atoms with Gasteiger partial charge in [-0.3, -0.25) is 0 Å². The monoisotopic (exact) mass is 366 g/mol. The van der Waals surface area contributed by atoms with Crippen LogP contribution >= 0.6 is 15.9 Å². The SMILES string of the molecule is COc1cc(Br)c(F)cc1S(=O)(=O)N1CCNC(C)C1. The van der Waals surface area contributed by atoms with Crippen molar-refractivity contribution in [2.45, 2.75) is 17.9 Å². The van der Waals surface area contributed by atoms with Crippen LogP contribution in [-0.4, -0.2) is 45.5 Å². The van der Waals surface area contributed by atoms with Crippen molar-refractivity contribution >= 4 is 26.0 Å². The second-order valence-corrected chi connectivity index (χ2v) is 7.40. The number of ether oxygens (including phenoxy) is 1. The van der Waals surface area contributed by atoms with Crippen molar-refractivity contribution in [2.24, 2.45) is 0 Å². The summed E-state index contributed by atoms with van der Waals surface area (Å²) in [5.41, 5.74) is 0. The number of benzene rings is 1. The zero-order valence-corrected chi connectivity index (χ0v) is 13.6. The van der Waals surface area contributed by atoms with Gasteiger partial charge in [0.25, 0.3) is 0 Å². The van der Waals surface area contributed by atoms with Gasteiger partial charge in [0, 0.05) is 25.7 Å². The zero-order chi connectivity index (χ0) is 14.9. The molecule has 1 N–H and O–H groups in total. The normalized spacial score (nSPS) is 20.9. The molecule has 1 saturated heterocycles. The van der Waals surface area contributed by atoms with E-state index in [0.717, 1.165) is 6.07 Å². The molecule has 0 aliphatic carbocycles. The maximum atomic E-state index is 13.7. The van der Waals surface area contributed by atoms with Crippen LogP contribution in [0, 0.1) is 5.82 Å². The van der Waals surface area contributed by atoms with Crippen LogP contribution < -0.4 is 10.1 Å². The second-order valence-electron chi connectivity index (χ2n) is 4.64. The molecule has 1 atom stereocenters. The minimum Gasteiger partial charge on any atom is -0.495 e. The highest BCUT2D eigenvalue weighted by molar-refractivity contribution is 9.10. The molecule has 1 unspecified atom stereocenters. The molecule has 5 nitrogen and oxygen atoms in total. The summed E-state index contributed by atoms with van der Waals surface area (Å²) >= 11 is 3.02. The van der Waals surface area contributed by atoms with Crippen LogP contribution in [-0.2, 0) is 10.0 Å².